The summed E-state index contributed by atoms with van der Waals surface area (Å²) in [5.41, 5.74) is -1.02. The van der Waals surface area contributed by atoms with Crippen molar-refractivity contribution in [2.45, 2.75) is 58.2 Å². The zero-order valence-corrected chi connectivity index (χ0v) is 18.8. The summed E-state index contributed by atoms with van der Waals surface area (Å²) in [5.74, 6) is -0.891. The predicted octanol–water partition coefficient (Wildman–Crippen LogP) is 5.41. The normalized spacial score (nSPS) is 18.1. The first-order valence-electron chi connectivity index (χ1n) is 9.91. The van der Waals surface area contributed by atoms with Crippen LogP contribution in [-0.4, -0.2) is 27.7 Å². The van der Waals surface area contributed by atoms with Crippen LogP contribution in [0.2, 0.25) is 5.02 Å². The number of carbonyl (C=O) groups excluding carboxylic acids is 2. The van der Waals surface area contributed by atoms with Crippen molar-refractivity contribution in [3.8, 4) is 11.5 Å². The van der Waals surface area contributed by atoms with E-state index in [1.165, 1.54) is 18.2 Å². The minimum atomic E-state index is -1.12. The molecule has 1 aliphatic rings. The maximum absolute atomic E-state index is 13.2. The second-order valence-corrected chi connectivity index (χ2v) is 8.88. The highest BCUT2D eigenvalue weighted by atomic mass is 35.5. The molecule has 1 aliphatic heterocycles. The molecule has 0 bridgehead atoms. The largest absolute Gasteiger partial charge is 0.457 e. The first-order valence-corrected chi connectivity index (χ1v) is 10.3. The van der Waals surface area contributed by atoms with Crippen molar-refractivity contribution in [1.29, 1.82) is 0 Å². The molecular formula is C23H24ClNO6. The Bertz CT molecular complexity index is 1050. The highest BCUT2D eigenvalue weighted by molar-refractivity contribution is 6.32. The van der Waals surface area contributed by atoms with Crippen LogP contribution in [0.1, 0.15) is 51.7 Å². The molecule has 0 saturated carbocycles. The zero-order chi connectivity index (χ0) is 23.1. The first-order chi connectivity index (χ1) is 14.4. The van der Waals surface area contributed by atoms with Gasteiger partial charge in [-0.3, -0.25) is 19.7 Å². The van der Waals surface area contributed by atoms with Crippen molar-refractivity contribution in [2.24, 2.45) is 0 Å². The summed E-state index contributed by atoms with van der Waals surface area (Å²) in [4.78, 5) is 36.7. The van der Waals surface area contributed by atoms with E-state index >= 15 is 0 Å². The molecule has 2 aromatic carbocycles. The smallest absolute Gasteiger partial charge is 0.288 e. The third kappa shape index (κ3) is 4.34. The first kappa shape index (κ1) is 22.9. The number of aryl methyl sites for hydroxylation is 1. The third-order valence-corrected chi connectivity index (χ3v) is 5.68. The fraction of sp³-hybridized carbons (Fsp3) is 0.391. The summed E-state index contributed by atoms with van der Waals surface area (Å²) in [5, 5.41) is 10.9. The number of ether oxygens (including phenoxy) is 2. The Labute approximate surface area is 185 Å². The number of Topliss-reactive ketones (excluding diaryl/α,β-unsaturated/α-hetero) is 2. The van der Waals surface area contributed by atoms with Crippen LogP contribution in [0, 0.1) is 10.1 Å². The lowest BCUT2D eigenvalue weighted by molar-refractivity contribution is -0.384. The molecule has 0 radical (unpaired) electrons. The summed E-state index contributed by atoms with van der Waals surface area (Å²) in [6.07, 6.45) is 0.623. The lowest BCUT2D eigenvalue weighted by atomic mass is 9.73. The topological polar surface area (TPSA) is 95.7 Å². The molecule has 164 valence electrons. The lowest BCUT2D eigenvalue weighted by Crippen LogP contribution is -2.58. The molecule has 0 N–H and O–H groups in total. The van der Waals surface area contributed by atoms with Crippen LogP contribution in [-0.2, 0) is 20.7 Å². The van der Waals surface area contributed by atoms with Gasteiger partial charge in [0.05, 0.1) is 4.92 Å². The number of nitro groups is 1. The molecule has 31 heavy (non-hydrogen) atoms. The Balaban J connectivity index is 2.03. The van der Waals surface area contributed by atoms with Gasteiger partial charge >= 0.3 is 0 Å². The van der Waals surface area contributed by atoms with Crippen molar-refractivity contribution >= 4 is 28.9 Å². The summed E-state index contributed by atoms with van der Waals surface area (Å²) < 4.78 is 11.6. The number of nitrogens with zero attached hydrogens (tertiary/aromatic N) is 1. The van der Waals surface area contributed by atoms with Crippen molar-refractivity contribution in [3.05, 3.63) is 62.7 Å². The van der Waals surface area contributed by atoms with E-state index in [1.54, 1.807) is 39.8 Å². The second-order valence-electron chi connectivity index (χ2n) is 8.47. The van der Waals surface area contributed by atoms with Crippen molar-refractivity contribution in [1.82, 2.24) is 0 Å². The van der Waals surface area contributed by atoms with Crippen LogP contribution in [0.3, 0.4) is 0 Å². The molecule has 0 aromatic heterocycles. The van der Waals surface area contributed by atoms with E-state index in [0.29, 0.717) is 23.5 Å². The molecule has 1 saturated heterocycles. The number of benzene rings is 2. The van der Waals surface area contributed by atoms with E-state index in [2.05, 4.69) is 0 Å². The van der Waals surface area contributed by atoms with E-state index in [-0.39, 0.29) is 22.3 Å². The van der Waals surface area contributed by atoms with Gasteiger partial charge in [-0.2, -0.15) is 0 Å². The summed E-state index contributed by atoms with van der Waals surface area (Å²) in [6, 6.07) is 9.26. The molecule has 1 fully saturated rings. The van der Waals surface area contributed by atoms with Crippen molar-refractivity contribution in [2.75, 3.05) is 0 Å². The quantitative estimate of drug-likeness (QED) is 0.346. The highest BCUT2D eigenvalue weighted by Gasteiger charge is 2.53. The van der Waals surface area contributed by atoms with Crippen LogP contribution < -0.4 is 4.74 Å². The van der Waals surface area contributed by atoms with Crippen LogP contribution in [0.5, 0.6) is 11.5 Å². The average molecular weight is 446 g/mol. The Kier molecular flexibility index (Phi) is 5.95. The Morgan fingerprint density at radius 2 is 1.58 bits per heavy atom. The van der Waals surface area contributed by atoms with Gasteiger partial charge in [0, 0.05) is 12.1 Å². The number of nitro benzene ring substituents is 1. The van der Waals surface area contributed by atoms with Gasteiger partial charge < -0.3 is 9.47 Å². The van der Waals surface area contributed by atoms with Gasteiger partial charge in [-0.25, -0.2) is 0 Å². The monoisotopic (exact) mass is 445 g/mol. The number of carbonyl (C=O) groups is 2. The van der Waals surface area contributed by atoms with Crippen molar-refractivity contribution in [3.63, 3.8) is 0 Å². The lowest BCUT2D eigenvalue weighted by Gasteiger charge is -2.43. The zero-order valence-electron chi connectivity index (χ0n) is 18.0. The highest BCUT2D eigenvalue weighted by Crippen LogP contribution is 2.41. The summed E-state index contributed by atoms with van der Waals surface area (Å²) in [7, 11) is 0. The molecule has 0 aliphatic carbocycles. The standard InChI is InChI=1S/C23H24ClNO6/c1-6-13-7-8-14(30-15-9-10-18(25(28)29)17(24)12-15)11-16(13)19-20(26)22(2,3)31-23(4,5)21(19)27/h7-12,19H,6H2,1-5H3. The summed E-state index contributed by atoms with van der Waals surface area (Å²) >= 11 is 5.97. The molecule has 0 spiro atoms. The van der Waals surface area contributed by atoms with E-state index in [0.717, 1.165) is 5.56 Å². The Morgan fingerprint density at radius 3 is 2.10 bits per heavy atom. The molecule has 7 nitrogen and oxygen atoms in total. The fourth-order valence-electron chi connectivity index (χ4n) is 3.90. The van der Waals surface area contributed by atoms with Gasteiger partial charge in [0.1, 0.15) is 33.6 Å². The minimum Gasteiger partial charge on any atom is -0.457 e. The van der Waals surface area contributed by atoms with Crippen LogP contribution in [0.4, 0.5) is 5.69 Å². The summed E-state index contributed by atoms with van der Waals surface area (Å²) in [6.45, 7) is 8.62. The van der Waals surface area contributed by atoms with Gasteiger partial charge in [0.25, 0.3) is 5.69 Å². The van der Waals surface area contributed by atoms with E-state index < -0.39 is 22.0 Å². The molecule has 0 atom stereocenters. The SMILES string of the molecule is CCc1ccc(Oc2ccc([N+](=O)[O-])c(Cl)c2)cc1C1C(=O)C(C)(C)OC(C)(C)C1=O. The van der Waals surface area contributed by atoms with Gasteiger partial charge in [-0.15, -0.1) is 0 Å². The molecule has 3 rings (SSSR count). The predicted molar refractivity (Wildman–Crippen MR) is 116 cm³/mol. The maximum Gasteiger partial charge on any atom is 0.288 e. The third-order valence-electron chi connectivity index (χ3n) is 5.38. The molecule has 1 heterocycles. The van der Waals surface area contributed by atoms with Gasteiger partial charge in [-0.05, 0) is 63.4 Å². The number of rotatable bonds is 5. The van der Waals surface area contributed by atoms with Crippen LogP contribution >= 0.6 is 11.6 Å². The number of halogens is 1. The number of ketones is 2. The van der Waals surface area contributed by atoms with Crippen molar-refractivity contribution < 1.29 is 24.0 Å². The van der Waals surface area contributed by atoms with E-state index in [9.17, 15) is 19.7 Å². The van der Waals surface area contributed by atoms with Crippen LogP contribution in [0.25, 0.3) is 0 Å². The average Bonchev–Trinajstić information content (AvgIpc) is 2.66. The minimum absolute atomic E-state index is 0.0498. The molecular weight excluding hydrogens is 422 g/mol. The second kappa shape index (κ2) is 8.05. The Hall–Kier alpha value is -2.77. The molecule has 2 aromatic rings. The van der Waals surface area contributed by atoms with E-state index in [4.69, 9.17) is 21.1 Å². The van der Waals surface area contributed by atoms with E-state index in [1.807, 2.05) is 13.0 Å². The van der Waals surface area contributed by atoms with Gasteiger partial charge in [0.2, 0.25) is 0 Å². The number of hydrogen-bond acceptors (Lipinski definition) is 6. The molecule has 0 amide bonds. The fourth-order valence-corrected chi connectivity index (χ4v) is 4.14. The van der Waals surface area contributed by atoms with Gasteiger partial charge in [-0.1, -0.05) is 24.6 Å². The van der Waals surface area contributed by atoms with Gasteiger partial charge in [0.15, 0.2) is 11.6 Å². The number of hydrogen-bond donors (Lipinski definition) is 0. The Morgan fingerprint density at radius 1 is 1.03 bits per heavy atom. The maximum atomic E-state index is 13.2. The molecule has 8 heteroatoms. The molecule has 0 unspecified atom stereocenters. The van der Waals surface area contributed by atoms with Crippen LogP contribution in [0.15, 0.2) is 36.4 Å².